The van der Waals surface area contributed by atoms with E-state index in [1.54, 1.807) is 0 Å². The number of nitrogens with zero attached hydrogens (tertiary/aromatic N) is 1. The number of nitrogens with one attached hydrogen (secondary N) is 2. The molecule has 4 amide bonds. The number of halogens is 3. The van der Waals surface area contributed by atoms with E-state index in [4.69, 9.17) is 0 Å². The number of urea groups is 1. The summed E-state index contributed by atoms with van der Waals surface area (Å²) in [6.45, 7) is -0.532. The highest BCUT2D eigenvalue weighted by Gasteiger charge is 2.53. The lowest BCUT2D eigenvalue weighted by Crippen LogP contribution is -2.44. The second-order valence-electron chi connectivity index (χ2n) is 7.71. The molecule has 4 rings (SSSR count). The highest BCUT2D eigenvalue weighted by Crippen LogP contribution is 2.39. The minimum absolute atomic E-state index is 0.138. The second-order valence-corrected chi connectivity index (χ2v) is 7.71. The fraction of sp³-hybridized carbons (Fsp3) is 0.318. The molecule has 0 saturated carbocycles. The van der Waals surface area contributed by atoms with E-state index in [0.29, 0.717) is 6.42 Å². The smallest absolute Gasteiger partial charge is 0.325 e. The van der Waals surface area contributed by atoms with Gasteiger partial charge in [0.05, 0.1) is 5.56 Å². The third kappa shape index (κ3) is 3.87. The van der Waals surface area contributed by atoms with Crippen molar-refractivity contribution in [3.8, 4) is 0 Å². The first kappa shape index (κ1) is 20.9. The zero-order valence-corrected chi connectivity index (χ0v) is 16.5. The molecule has 31 heavy (non-hydrogen) atoms. The van der Waals surface area contributed by atoms with Gasteiger partial charge in [-0.1, -0.05) is 24.3 Å². The summed E-state index contributed by atoms with van der Waals surface area (Å²) < 4.78 is 38.0. The van der Waals surface area contributed by atoms with E-state index < -0.39 is 41.7 Å². The molecule has 2 N–H and O–H groups in total. The molecule has 1 aliphatic heterocycles. The highest BCUT2D eigenvalue weighted by molar-refractivity contribution is 6.10. The van der Waals surface area contributed by atoms with Gasteiger partial charge in [0.15, 0.2) is 0 Å². The number of carbonyl (C=O) groups is 3. The van der Waals surface area contributed by atoms with Gasteiger partial charge in [0.1, 0.15) is 12.1 Å². The molecule has 9 heteroatoms. The molecule has 0 bridgehead atoms. The van der Waals surface area contributed by atoms with Crippen LogP contribution in [0.1, 0.15) is 36.0 Å². The van der Waals surface area contributed by atoms with E-state index in [1.807, 2.05) is 24.3 Å². The summed E-state index contributed by atoms with van der Waals surface area (Å²) in [5.74, 6) is -1.17. The van der Waals surface area contributed by atoms with Crippen LogP contribution in [0.3, 0.4) is 0 Å². The normalized spacial score (nSPS) is 20.9. The molecule has 1 aliphatic carbocycles. The van der Waals surface area contributed by atoms with Crippen LogP contribution in [0.15, 0.2) is 48.5 Å². The van der Waals surface area contributed by atoms with Crippen LogP contribution in [0.5, 0.6) is 0 Å². The largest absolute Gasteiger partial charge is 0.416 e. The first-order valence-electron chi connectivity index (χ1n) is 9.90. The van der Waals surface area contributed by atoms with Gasteiger partial charge in [0.25, 0.3) is 5.91 Å². The zero-order chi connectivity index (χ0) is 22.2. The summed E-state index contributed by atoms with van der Waals surface area (Å²) in [6.07, 6.45) is -1.62. The lowest BCUT2D eigenvalue weighted by atomic mass is 9.84. The van der Waals surface area contributed by atoms with Gasteiger partial charge in [-0.25, -0.2) is 4.79 Å². The SMILES string of the molecule is O=C(CN1C(=O)NC2(CCCCc3ccccc32)C1=O)Nc1ccc(C(F)(F)F)cc1. The molecule has 162 valence electrons. The molecule has 1 saturated heterocycles. The summed E-state index contributed by atoms with van der Waals surface area (Å²) in [6, 6.07) is 10.7. The van der Waals surface area contributed by atoms with Gasteiger partial charge >= 0.3 is 12.2 Å². The predicted molar refractivity (Wildman–Crippen MR) is 106 cm³/mol. The Morgan fingerprint density at radius 3 is 2.48 bits per heavy atom. The van der Waals surface area contributed by atoms with Gasteiger partial charge in [-0.05, 0) is 61.1 Å². The first-order chi connectivity index (χ1) is 14.7. The van der Waals surface area contributed by atoms with Crippen LogP contribution in [0.2, 0.25) is 0 Å². The van der Waals surface area contributed by atoms with Gasteiger partial charge in [0.2, 0.25) is 5.91 Å². The van der Waals surface area contributed by atoms with Gasteiger partial charge < -0.3 is 10.6 Å². The van der Waals surface area contributed by atoms with Crippen molar-refractivity contribution in [2.75, 3.05) is 11.9 Å². The van der Waals surface area contributed by atoms with Gasteiger partial charge in [0, 0.05) is 5.69 Å². The van der Waals surface area contributed by atoms with Crippen LogP contribution < -0.4 is 10.6 Å². The minimum Gasteiger partial charge on any atom is -0.325 e. The number of hydrogen-bond donors (Lipinski definition) is 2. The molecule has 1 fully saturated rings. The van der Waals surface area contributed by atoms with Crippen molar-refractivity contribution in [3.05, 3.63) is 65.2 Å². The molecule has 1 unspecified atom stereocenters. The number of anilines is 1. The molecule has 6 nitrogen and oxygen atoms in total. The average molecular weight is 431 g/mol. The number of rotatable bonds is 3. The molecule has 2 aliphatic rings. The Kier molecular flexibility index (Phi) is 5.20. The van der Waals surface area contributed by atoms with E-state index in [1.165, 1.54) is 0 Å². The van der Waals surface area contributed by atoms with Gasteiger partial charge in [-0.15, -0.1) is 0 Å². The molecular weight excluding hydrogens is 411 g/mol. The van der Waals surface area contributed by atoms with Crippen molar-refractivity contribution in [1.29, 1.82) is 0 Å². The third-order valence-corrected chi connectivity index (χ3v) is 5.70. The lowest BCUT2D eigenvalue weighted by molar-refractivity contribution is -0.137. The number of carbonyl (C=O) groups excluding carboxylic acids is 3. The summed E-state index contributed by atoms with van der Waals surface area (Å²) in [4.78, 5) is 39.2. The number of benzene rings is 2. The Morgan fingerprint density at radius 1 is 1.06 bits per heavy atom. The predicted octanol–water partition coefficient (Wildman–Crippen LogP) is 3.82. The number of fused-ring (bicyclic) bond motifs is 2. The number of amides is 4. The first-order valence-corrected chi connectivity index (χ1v) is 9.90. The number of hydrogen-bond acceptors (Lipinski definition) is 3. The van der Waals surface area contributed by atoms with E-state index in [0.717, 1.165) is 59.6 Å². The van der Waals surface area contributed by atoms with E-state index in [-0.39, 0.29) is 5.69 Å². The van der Waals surface area contributed by atoms with E-state index >= 15 is 0 Å². The van der Waals surface area contributed by atoms with Crippen LogP contribution in [0.4, 0.5) is 23.7 Å². The molecule has 2 aromatic rings. The monoisotopic (exact) mass is 431 g/mol. The van der Waals surface area contributed by atoms with E-state index in [2.05, 4.69) is 10.6 Å². The Bertz CT molecular complexity index is 1040. The maximum atomic E-state index is 13.3. The molecule has 2 aromatic carbocycles. The maximum Gasteiger partial charge on any atom is 0.416 e. The quantitative estimate of drug-likeness (QED) is 0.726. The Morgan fingerprint density at radius 2 is 1.77 bits per heavy atom. The van der Waals surface area contributed by atoms with E-state index in [9.17, 15) is 27.6 Å². The highest BCUT2D eigenvalue weighted by atomic mass is 19.4. The van der Waals surface area contributed by atoms with Crippen LogP contribution in [-0.4, -0.2) is 29.3 Å². The van der Waals surface area contributed by atoms with Crippen LogP contribution in [-0.2, 0) is 27.7 Å². The summed E-state index contributed by atoms with van der Waals surface area (Å²) in [7, 11) is 0. The topological polar surface area (TPSA) is 78.5 Å². The van der Waals surface area contributed by atoms with Crippen LogP contribution in [0.25, 0.3) is 0 Å². The van der Waals surface area contributed by atoms with Crippen molar-refractivity contribution in [1.82, 2.24) is 10.2 Å². The van der Waals surface area contributed by atoms with Crippen molar-refractivity contribution in [2.24, 2.45) is 0 Å². The van der Waals surface area contributed by atoms with Crippen molar-refractivity contribution in [2.45, 2.75) is 37.4 Å². The molecule has 1 atom stereocenters. The molecule has 0 aromatic heterocycles. The second kappa shape index (κ2) is 7.72. The molecule has 1 spiro atoms. The molecular formula is C22H20F3N3O3. The standard InChI is InChI=1S/C22H20F3N3O3/c23-22(24,25)15-8-10-16(11-9-15)26-18(29)13-28-19(30)21(27-20(28)31)12-4-3-6-14-5-1-2-7-17(14)21/h1-2,5,7-11H,3-4,6,12-13H2,(H,26,29)(H,27,31). The lowest BCUT2D eigenvalue weighted by Gasteiger charge is -2.27. The third-order valence-electron chi connectivity index (χ3n) is 5.70. The van der Waals surface area contributed by atoms with Gasteiger partial charge in [-0.2, -0.15) is 13.2 Å². The zero-order valence-electron chi connectivity index (χ0n) is 16.5. The van der Waals surface area contributed by atoms with Crippen molar-refractivity contribution in [3.63, 3.8) is 0 Å². The van der Waals surface area contributed by atoms with Crippen molar-refractivity contribution < 1.29 is 27.6 Å². The molecule has 1 heterocycles. The minimum atomic E-state index is -4.48. The Hall–Kier alpha value is -3.36. The van der Waals surface area contributed by atoms with Crippen molar-refractivity contribution >= 4 is 23.5 Å². The summed E-state index contributed by atoms with van der Waals surface area (Å²) in [5, 5.41) is 5.22. The number of imide groups is 1. The summed E-state index contributed by atoms with van der Waals surface area (Å²) in [5.41, 5.74) is -0.159. The maximum absolute atomic E-state index is 13.3. The number of alkyl halides is 3. The molecule has 0 radical (unpaired) electrons. The number of aryl methyl sites for hydroxylation is 1. The fourth-order valence-corrected chi connectivity index (χ4v) is 4.20. The fourth-order valence-electron chi connectivity index (χ4n) is 4.20. The van der Waals surface area contributed by atoms with Gasteiger partial charge in [-0.3, -0.25) is 14.5 Å². The van der Waals surface area contributed by atoms with Crippen LogP contribution in [0, 0.1) is 0 Å². The summed E-state index contributed by atoms with van der Waals surface area (Å²) >= 11 is 0. The Labute approximate surface area is 176 Å². The Balaban J connectivity index is 1.51. The average Bonchev–Trinajstić information content (AvgIpc) is 2.87. The van der Waals surface area contributed by atoms with Crippen LogP contribution >= 0.6 is 0 Å².